The number of nitrogens with one attached hydrogen (secondary N) is 1. The van der Waals surface area contributed by atoms with E-state index in [0.29, 0.717) is 33.6 Å². The van der Waals surface area contributed by atoms with Crippen LogP contribution >= 0.6 is 15.9 Å². The zero-order valence-corrected chi connectivity index (χ0v) is 24.3. The lowest BCUT2D eigenvalue weighted by atomic mass is 9.97. The molecule has 1 saturated carbocycles. The molecule has 2 amide bonds. The number of carbonyl (C=O) groups is 3. The van der Waals surface area contributed by atoms with Gasteiger partial charge in [0.25, 0.3) is 0 Å². The van der Waals surface area contributed by atoms with Crippen LogP contribution in [0.25, 0.3) is 22.0 Å². The molecule has 6 rings (SSSR count). The van der Waals surface area contributed by atoms with Crippen molar-refractivity contribution in [1.29, 1.82) is 0 Å². The fourth-order valence-electron chi connectivity index (χ4n) is 6.18. The summed E-state index contributed by atoms with van der Waals surface area (Å²) in [7, 11) is 0. The van der Waals surface area contributed by atoms with Gasteiger partial charge in [0.2, 0.25) is 11.8 Å². The zero-order chi connectivity index (χ0) is 29.1. The van der Waals surface area contributed by atoms with Crippen molar-refractivity contribution >= 4 is 50.2 Å². The summed E-state index contributed by atoms with van der Waals surface area (Å²) in [5.41, 5.74) is 1.97. The Morgan fingerprint density at radius 2 is 1.90 bits per heavy atom. The van der Waals surface area contributed by atoms with Gasteiger partial charge in [0.1, 0.15) is 34.5 Å². The van der Waals surface area contributed by atoms with Crippen LogP contribution < -0.4 is 5.32 Å². The summed E-state index contributed by atoms with van der Waals surface area (Å²) in [5.74, 6) is 0.160. The number of fused-ring (bicyclic) bond motifs is 2. The molecule has 41 heavy (non-hydrogen) atoms. The predicted molar refractivity (Wildman–Crippen MR) is 154 cm³/mol. The van der Waals surface area contributed by atoms with E-state index in [4.69, 9.17) is 0 Å². The minimum Gasteiger partial charge on any atom is -0.396 e. The summed E-state index contributed by atoms with van der Waals surface area (Å²) >= 11 is 3.30. The van der Waals surface area contributed by atoms with E-state index in [2.05, 4.69) is 41.3 Å². The number of ketones is 1. The Morgan fingerprint density at radius 1 is 1.15 bits per heavy atom. The summed E-state index contributed by atoms with van der Waals surface area (Å²) < 4.78 is 2.09. The van der Waals surface area contributed by atoms with Crippen LogP contribution in [0, 0.1) is 18.3 Å². The van der Waals surface area contributed by atoms with Crippen LogP contribution in [0.5, 0.6) is 0 Å². The maximum atomic E-state index is 13.9. The molecule has 4 atom stereocenters. The Balaban J connectivity index is 1.31. The zero-order valence-electron chi connectivity index (χ0n) is 22.7. The fraction of sp³-hybridized carbons (Fsp3) is 0.345. The highest BCUT2D eigenvalue weighted by Crippen LogP contribution is 2.64. The van der Waals surface area contributed by atoms with Gasteiger partial charge in [0.05, 0.1) is 12.1 Å². The SMILES string of the molecule is CC(=O)c1nn(CC(=O)N2C3[C@@H](C)[C@@]3(CO)C[C@H]2C(=O)Nc2cccc(Br)n2)c2ccc(-c3cnc(C)nc3)cc12. The highest BCUT2D eigenvalue weighted by atomic mass is 79.9. The Labute approximate surface area is 244 Å². The number of rotatable bonds is 7. The highest BCUT2D eigenvalue weighted by Gasteiger charge is 2.72. The number of likely N-dealkylation sites (tertiary alicyclic amines) is 1. The quantitative estimate of drug-likeness (QED) is 0.237. The third-order valence-electron chi connectivity index (χ3n) is 8.40. The molecule has 1 saturated heterocycles. The van der Waals surface area contributed by atoms with Gasteiger partial charge in [-0.3, -0.25) is 19.1 Å². The van der Waals surface area contributed by atoms with E-state index in [1.165, 1.54) is 11.6 Å². The van der Waals surface area contributed by atoms with Crippen molar-refractivity contribution in [3.05, 3.63) is 64.9 Å². The minimum absolute atomic E-state index is 0.0472. The number of nitrogens with zero attached hydrogens (tertiary/aromatic N) is 6. The van der Waals surface area contributed by atoms with Crippen molar-refractivity contribution in [1.82, 2.24) is 29.6 Å². The molecule has 3 aromatic heterocycles. The van der Waals surface area contributed by atoms with Crippen LogP contribution in [-0.2, 0) is 16.1 Å². The summed E-state index contributed by atoms with van der Waals surface area (Å²) in [5, 5.41) is 18.2. The van der Waals surface area contributed by atoms with E-state index < -0.39 is 11.5 Å². The van der Waals surface area contributed by atoms with Crippen molar-refractivity contribution in [3.63, 3.8) is 0 Å². The molecule has 2 N–H and O–H groups in total. The Bertz CT molecular complexity index is 1710. The highest BCUT2D eigenvalue weighted by molar-refractivity contribution is 9.10. The van der Waals surface area contributed by atoms with Crippen LogP contribution in [0.1, 0.15) is 36.6 Å². The summed E-state index contributed by atoms with van der Waals surface area (Å²) in [6.07, 6.45) is 3.79. The van der Waals surface area contributed by atoms with Crippen LogP contribution in [0.15, 0.2) is 53.4 Å². The molecule has 1 unspecified atom stereocenters. The van der Waals surface area contributed by atoms with Crippen molar-refractivity contribution < 1.29 is 19.5 Å². The minimum atomic E-state index is -0.779. The predicted octanol–water partition coefficient (Wildman–Crippen LogP) is 3.40. The van der Waals surface area contributed by atoms with E-state index in [0.717, 1.165) is 11.1 Å². The molecule has 2 fully saturated rings. The van der Waals surface area contributed by atoms with Crippen LogP contribution in [0.3, 0.4) is 0 Å². The number of aromatic nitrogens is 5. The Kier molecular flexibility index (Phi) is 6.69. The lowest BCUT2D eigenvalue weighted by molar-refractivity contribution is -0.138. The lowest BCUT2D eigenvalue weighted by Gasteiger charge is -2.28. The molecule has 1 aliphatic heterocycles. The first-order valence-corrected chi connectivity index (χ1v) is 14.1. The van der Waals surface area contributed by atoms with Gasteiger partial charge in [-0.05, 0) is 65.0 Å². The number of halogens is 1. The summed E-state index contributed by atoms with van der Waals surface area (Å²) in [6.45, 7) is 4.94. The van der Waals surface area contributed by atoms with Gasteiger partial charge in [-0.2, -0.15) is 5.10 Å². The number of aryl methyl sites for hydroxylation is 1. The van der Waals surface area contributed by atoms with E-state index in [1.807, 2.05) is 25.1 Å². The Hall–Kier alpha value is -4.03. The number of aliphatic hydroxyl groups is 1. The number of anilines is 1. The third-order valence-corrected chi connectivity index (χ3v) is 8.85. The molecular formula is C29H28BrN7O4. The van der Waals surface area contributed by atoms with E-state index in [9.17, 15) is 19.5 Å². The molecule has 12 heteroatoms. The molecule has 1 aliphatic carbocycles. The number of carbonyl (C=O) groups excluding carboxylic acids is 3. The van der Waals surface area contributed by atoms with Crippen molar-refractivity contribution in [3.8, 4) is 11.1 Å². The molecule has 11 nitrogen and oxygen atoms in total. The molecule has 0 spiro atoms. The van der Waals surface area contributed by atoms with Gasteiger partial charge in [-0.15, -0.1) is 0 Å². The number of aliphatic hydroxyl groups excluding tert-OH is 1. The van der Waals surface area contributed by atoms with Crippen molar-refractivity contribution in [2.45, 2.75) is 45.8 Å². The first kappa shape index (κ1) is 27.2. The second-order valence-electron chi connectivity index (χ2n) is 10.8. The van der Waals surface area contributed by atoms with Crippen LogP contribution in [-0.4, -0.2) is 71.0 Å². The largest absolute Gasteiger partial charge is 0.396 e. The van der Waals surface area contributed by atoms with Crippen LogP contribution in [0.2, 0.25) is 0 Å². The van der Waals surface area contributed by atoms with Crippen molar-refractivity contribution in [2.24, 2.45) is 11.3 Å². The molecular weight excluding hydrogens is 590 g/mol. The normalized spacial score (nSPS) is 23.0. The molecule has 0 bridgehead atoms. The maximum Gasteiger partial charge on any atom is 0.248 e. The maximum absolute atomic E-state index is 13.9. The number of Topliss-reactive ketones (excluding diaryl/α,β-unsaturated/α-hetero) is 1. The molecule has 4 heterocycles. The molecule has 0 radical (unpaired) electrons. The number of amides is 2. The first-order chi connectivity index (χ1) is 19.6. The van der Waals surface area contributed by atoms with E-state index in [-0.39, 0.29) is 48.4 Å². The standard InChI is InChI=1S/C29H28BrN7O4/c1-15-27-29(15,14-38)10-22(28(41)34-24-6-4-5-23(30)33-24)37(27)25(40)13-36-21-8-7-18(19-11-31-17(3)32-12-19)9-20(21)26(35-36)16(2)39/h4-9,11-12,15,22,27,38H,10,13-14H2,1-3H3,(H,33,34,41)/t15-,22+,27?,29+/m1/s1. The molecule has 210 valence electrons. The van der Waals surface area contributed by atoms with Gasteiger partial charge in [0, 0.05) is 41.7 Å². The molecule has 4 aromatic rings. The van der Waals surface area contributed by atoms with E-state index in [1.54, 1.807) is 42.4 Å². The fourth-order valence-corrected chi connectivity index (χ4v) is 6.52. The third kappa shape index (κ3) is 4.60. The van der Waals surface area contributed by atoms with Crippen LogP contribution in [0.4, 0.5) is 5.82 Å². The Morgan fingerprint density at radius 3 is 2.59 bits per heavy atom. The first-order valence-electron chi connectivity index (χ1n) is 13.3. The van der Waals surface area contributed by atoms with Gasteiger partial charge >= 0.3 is 0 Å². The monoisotopic (exact) mass is 617 g/mol. The van der Waals surface area contributed by atoms with Crippen molar-refractivity contribution in [2.75, 3.05) is 11.9 Å². The van der Waals surface area contributed by atoms with Gasteiger partial charge in [0.15, 0.2) is 5.78 Å². The molecule has 2 aliphatic rings. The second kappa shape index (κ2) is 10.1. The van der Waals surface area contributed by atoms with Gasteiger partial charge < -0.3 is 15.3 Å². The second-order valence-corrected chi connectivity index (χ2v) is 11.6. The lowest BCUT2D eigenvalue weighted by Crippen LogP contribution is -2.47. The number of benzene rings is 1. The smallest absolute Gasteiger partial charge is 0.248 e. The number of pyridine rings is 1. The topological polar surface area (TPSA) is 143 Å². The van der Waals surface area contributed by atoms with Gasteiger partial charge in [-0.25, -0.2) is 15.0 Å². The van der Waals surface area contributed by atoms with Gasteiger partial charge in [-0.1, -0.05) is 19.1 Å². The number of hydrogen-bond acceptors (Lipinski definition) is 8. The summed E-state index contributed by atoms with van der Waals surface area (Å²) in [6, 6.07) is 9.68. The molecule has 1 aromatic carbocycles. The average Bonchev–Trinajstić information content (AvgIpc) is 3.23. The number of hydrogen-bond donors (Lipinski definition) is 2. The average molecular weight is 618 g/mol. The van der Waals surface area contributed by atoms with E-state index >= 15 is 0 Å². The summed E-state index contributed by atoms with van der Waals surface area (Å²) in [4.78, 5) is 54.2. The number of piperidine rings is 1.